The smallest absolute Gasteiger partial charge is 0.243 e. The van der Waals surface area contributed by atoms with Crippen molar-refractivity contribution in [2.75, 3.05) is 50.1 Å². The second-order valence-electron chi connectivity index (χ2n) is 25.5. The predicted octanol–water partition coefficient (Wildman–Crippen LogP) is -0.303. The topological polar surface area (TPSA) is 413 Å². The highest BCUT2D eigenvalue weighted by atomic mass is 32.2. The Kier molecular flexibility index (Phi) is 26.8. The first-order valence-electron chi connectivity index (χ1n) is 32.2. The van der Waals surface area contributed by atoms with Crippen LogP contribution in [0.1, 0.15) is 105 Å². The van der Waals surface area contributed by atoms with Gasteiger partial charge in [-0.3, -0.25) is 67.2 Å². The lowest BCUT2D eigenvalue weighted by Gasteiger charge is -2.32. The lowest BCUT2D eigenvalue weighted by atomic mass is 9.85. The molecular formula is C65H90N12O16S2. The summed E-state index contributed by atoms with van der Waals surface area (Å²) in [6.45, 7) is 9.32. The molecule has 28 nitrogen and oxygen atoms in total. The van der Waals surface area contributed by atoms with Crippen LogP contribution in [0.3, 0.4) is 0 Å². The Morgan fingerprint density at radius 3 is 2.11 bits per heavy atom. The molecule has 13 N–H and O–H groups in total. The average Bonchev–Trinajstić information content (AvgIpc) is 1.70. The number of amides is 11. The molecule has 14 atom stereocenters. The minimum atomic E-state index is -1.62. The van der Waals surface area contributed by atoms with Crippen molar-refractivity contribution in [3.05, 3.63) is 59.7 Å². The number of hydrogen-bond acceptors (Lipinski definition) is 19. The molecule has 1 aromatic heterocycles. The number of Topliss-reactive ketones (excluding diaryl/α,β-unsaturated/α-hetero) is 2. The fraction of sp³-hybridized carbons (Fsp3) is 0.585. The van der Waals surface area contributed by atoms with Crippen molar-refractivity contribution < 1.29 is 77.6 Å². The maximum atomic E-state index is 15.1. The van der Waals surface area contributed by atoms with E-state index < -0.39 is 188 Å². The van der Waals surface area contributed by atoms with E-state index in [9.17, 15) is 68.1 Å². The second kappa shape index (κ2) is 34.1. The molecule has 2 saturated heterocycles. The van der Waals surface area contributed by atoms with Gasteiger partial charge in [-0.15, -0.1) is 11.8 Å². The van der Waals surface area contributed by atoms with Crippen LogP contribution in [0.2, 0.25) is 0 Å². The van der Waals surface area contributed by atoms with Crippen LogP contribution in [0.5, 0.6) is 0 Å². The van der Waals surface area contributed by atoms with Gasteiger partial charge in [0.15, 0.2) is 11.6 Å². The van der Waals surface area contributed by atoms with E-state index in [4.69, 9.17) is 0 Å². The van der Waals surface area contributed by atoms with Crippen LogP contribution < -0.4 is 47.9 Å². The molecule has 2 aromatic carbocycles. The van der Waals surface area contributed by atoms with E-state index in [0.29, 0.717) is 39.2 Å². The fourth-order valence-electron chi connectivity index (χ4n) is 11.9. The number of aromatic nitrogens is 1. The van der Waals surface area contributed by atoms with Crippen molar-refractivity contribution >= 4 is 117 Å². The number of aromatic amines is 1. The Bertz CT molecular complexity index is 3350. The van der Waals surface area contributed by atoms with Crippen LogP contribution in [0.4, 0.5) is 5.69 Å². The molecule has 0 radical (unpaired) electrons. The number of fused-ring (bicyclic) bond motifs is 5. The summed E-state index contributed by atoms with van der Waals surface area (Å²) in [5, 5.41) is 57.8. The van der Waals surface area contributed by atoms with Crippen molar-refractivity contribution in [1.82, 2.24) is 57.3 Å². The van der Waals surface area contributed by atoms with Gasteiger partial charge in [0.05, 0.1) is 60.2 Å². The highest BCUT2D eigenvalue weighted by Crippen LogP contribution is 2.35. The molecule has 2 fully saturated rings. The van der Waals surface area contributed by atoms with E-state index in [-0.39, 0.29) is 68.3 Å². The van der Waals surface area contributed by atoms with Gasteiger partial charge in [-0.25, -0.2) is 0 Å². The Hall–Kier alpha value is -7.93. The van der Waals surface area contributed by atoms with Crippen LogP contribution in [0.25, 0.3) is 10.9 Å². The Morgan fingerprint density at radius 2 is 1.44 bits per heavy atom. The van der Waals surface area contributed by atoms with Gasteiger partial charge in [-0.2, -0.15) is 11.8 Å². The molecule has 3 aromatic rings. The Labute approximate surface area is 559 Å². The number of aliphatic hydroxyl groups excluding tert-OH is 3. The summed E-state index contributed by atoms with van der Waals surface area (Å²) in [6, 6.07) is 6.49. The number of benzene rings is 2. The summed E-state index contributed by atoms with van der Waals surface area (Å²) in [5.41, 5.74) is 2.35. The number of likely N-dealkylation sites (tertiary alicyclic amines) is 1. The minimum absolute atomic E-state index is 0.0695. The van der Waals surface area contributed by atoms with Crippen LogP contribution in [0.15, 0.2) is 53.6 Å². The summed E-state index contributed by atoms with van der Waals surface area (Å²) < 4.78 is 0. The largest absolute Gasteiger partial charge is 0.394 e. The normalized spacial score (nSPS) is 25.0. The molecule has 518 valence electrons. The lowest BCUT2D eigenvalue weighted by Crippen LogP contribution is -2.56. The number of para-hydroxylation sites is 1. The van der Waals surface area contributed by atoms with Crippen molar-refractivity contribution in [2.24, 2.45) is 29.6 Å². The van der Waals surface area contributed by atoms with E-state index in [2.05, 4.69) is 52.8 Å². The van der Waals surface area contributed by atoms with Crippen LogP contribution in [-0.2, 0) is 75.3 Å². The maximum absolute atomic E-state index is 15.1. The number of hydrogen-bond donors (Lipinski definition) is 13. The molecule has 30 heteroatoms. The lowest BCUT2D eigenvalue weighted by molar-refractivity contribution is -0.145. The number of nitrogens with one attached hydrogen (secondary N) is 10. The molecule has 3 unspecified atom stereocenters. The number of ketones is 2. The Balaban J connectivity index is 1.13. The SMILES string of the molecule is CC[C@H](C)[C@@H]1NC(=O)CNC(=O)[C@H]2CC(=O)[C@H]([C@@H](C)[C@@H](O)CO)NC(=O)[C@@H]3C[C@@H](O)CN3C(=O)[C@H](CC(=O)NCc3ccc(NC(C)[C@H](C)NC(=O)C(NC(=O)CCN4C(=O)CC(SC)C4=O)C(C)C)cc3)CC(=O)[C@H](CSc3[nH]c4ccccc4c3C2)NC(=O)CNC1=O. The zero-order valence-electron chi connectivity index (χ0n) is 54.7. The highest BCUT2D eigenvalue weighted by molar-refractivity contribution is 8.00. The minimum Gasteiger partial charge on any atom is -0.394 e. The molecule has 0 spiro atoms. The summed E-state index contributed by atoms with van der Waals surface area (Å²) in [6.07, 6.45) is -3.35. The van der Waals surface area contributed by atoms with Crippen molar-refractivity contribution in [2.45, 2.75) is 171 Å². The number of rotatable bonds is 20. The van der Waals surface area contributed by atoms with Gasteiger partial charge >= 0.3 is 0 Å². The van der Waals surface area contributed by atoms with E-state index in [0.717, 1.165) is 21.6 Å². The number of imide groups is 1. The third-order valence-corrected chi connectivity index (χ3v) is 20.2. The maximum Gasteiger partial charge on any atom is 0.243 e. The monoisotopic (exact) mass is 1360 g/mol. The van der Waals surface area contributed by atoms with Crippen LogP contribution in [0, 0.1) is 29.6 Å². The van der Waals surface area contributed by atoms with Gasteiger partial charge < -0.3 is 73.1 Å². The average molecular weight is 1360 g/mol. The van der Waals surface area contributed by atoms with Crippen molar-refractivity contribution in [1.29, 1.82) is 0 Å². The summed E-state index contributed by atoms with van der Waals surface area (Å²) in [4.78, 5) is 187. The molecule has 11 amide bonds. The third kappa shape index (κ3) is 19.6. The molecule has 0 aliphatic carbocycles. The molecule has 95 heavy (non-hydrogen) atoms. The van der Waals surface area contributed by atoms with Gasteiger partial charge in [0.1, 0.15) is 18.1 Å². The van der Waals surface area contributed by atoms with E-state index in [1.165, 1.54) is 18.7 Å². The summed E-state index contributed by atoms with van der Waals surface area (Å²) in [7, 11) is 0. The highest BCUT2D eigenvalue weighted by Gasteiger charge is 2.46. The van der Waals surface area contributed by atoms with Crippen LogP contribution in [-0.4, -0.2) is 211 Å². The third-order valence-electron chi connectivity index (χ3n) is 18.2. The first kappa shape index (κ1) is 74.5. The van der Waals surface area contributed by atoms with E-state index in [1.807, 2.05) is 6.92 Å². The van der Waals surface area contributed by atoms with Gasteiger partial charge in [-0.05, 0) is 67.7 Å². The number of carbonyl (C=O) groups is 13. The first-order valence-corrected chi connectivity index (χ1v) is 34.5. The molecule has 4 aliphatic rings. The molecule has 5 heterocycles. The summed E-state index contributed by atoms with van der Waals surface area (Å²) >= 11 is 2.35. The van der Waals surface area contributed by atoms with Crippen LogP contribution >= 0.6 is 23.5 Å². The van der Waals surface area contributed by atoms with Gasteiger partial charge in [0.2, 0.25) is 65.0 Å². The number of carbonyl (C=O) groups excluding carboxylic acids is 13. The predicted molar refractivity (Wildman–Crippen MR) is 352 cm³/mol. The summed E-state index contributed by atoms with van der Waals surface area (Å²) in [5.74, 6) is -13.8. The number of nitrogens with zero attached hydrogens (tertiary/aromatic N) is 2. The molecule has 7 rings (SSSR count). The Morgan fingerprint density at radius 1 is 0.758 bits per heavy atom. The zero-order chi connectivity index (χ0) is 69.5. The fourth-order valence-corrected chi connectivity index (χ4v) is 13.7. The first-order chi connectivity index (χ1) is 45.1. The number of aliphatic hydroxyl groups is 3. The number of H-pyrrole nitrogens is 1. The molecule has 4 aliphatic heterocycles. The zero-order valence-corrected chi connectivity index (χ0v) is 56.4. The van der Waals surface area contributed by atoms with Crippen molar-refractivity contribution in [3.63, 3.8) is 0 Å². The van der Waals surface area contributed by atoms with E-state index in [1.54, 1.807) is 89.4 Å². The quantitative estimate of drug-likeness (QED) is 0.0646. The molecule has 2 bridgehead atoms. The second-order valence-corrected chi connectivity index (χ2v) is 27.5. The number of thioether (sulfide) groups is 2. The van der Waals surface area contributed by atoms with Gasteiger partial charge in [0.25, 0.3) is 0 Å². The molecule has 0 saturated carbocycles. The van der Waals surface area contributed by atoms with E-state index >= 15 is 9.59 Å². The van der Waals surface area contributed by atoms with Crippen molar-refractivity contribution in [3.8, 4) is 0 Å². The standard InChI is InChI=1S/C65H90N12O16S2/c1-9-33(4)57-61(90)68-27-53(85)71-45-31-95-63-43(42-12-10-11-13-44(42)72-63)20-38(59(88)67-28-54(86)74-57)21-48(81)58(34(5)49(82)30-78)75-60(89)46-24-41(79)29-77(46)64(92)39(22-47(45)80)23-52(84)66-26-37-14-16-40(17-15-37)69-35(6)36(7)70-62(91)56(32(2)3)73-51(83)18-19-76-55(87)25-50(94-8)65(76)93/h10-17,32-36,38-39,41,45-46,49-50,56-58,69,72,78-79,82H,9,18-31H2,1-8H3,(H,66,84)(H,67,88)(H,68,90)(H,70,91)(H,71,85)(H,73,83)(H,74,86)(H,75,89)/t33-,34-,35?,36-,38+,39-,41+,45-,46-,49-,50?,56?,57-,58-/m0/s1. The van der Waals surface area contributed by atoms with Gasteiger partial charge in [-0.1, -0.05) is 71.4 Å². The molecular weight excluding hydrogens is 1270 g/mol. The van der Waals surface area contributed by atoms with Gasteiger partial charge in [0, 0.05) is 104 Å². The number of anilines is 1.